The summed E-state index contributed by atoms with van der Waals surface area (Å²) in [5, 5.41) is 0.988. The number of piperidine rings is 1. The predicted octanol–water partition coefficient (Wildman–Crippen LogP) is 6.10. The second-order valence-electron chi connectivity index (χ2n) is 11.9. The molecule has 45 heavy (non-hydrogen) atoms. The molecule has 2 N–H and O–H groups in total. The fraction of sp³-hybridized carbons (Fsp3) is 0.429. The summed E-state index contributed by atoms with van der Waals surface area (Å²) in [6, 6.07) is 19.1. The number of rotatable bonds is 11. The minimum Gasteiger partial charge on any atom is -0.493 e. The first kappa shape index (κ1) is 32.9. The first-order valence-corrected chi connectivity index (χ1v) is 16.1. The van der Waals surface area contributed by atoms with Gasteiger partial charge in [-0.1, -0.05) is 59.6 Å². The molecule has 5 rings (SSSR count). The maximum absolute atomic E-state index is 14.0. The topological polar surface area (TPSA) is 94.3 Å². The van der Waals surface area contributed by atoms with E-state index in [2.05, 4.69) is 4.90 Å². The number of amides is 2. The van der Waals surface area contributed by atoms with E-state index < -0.39 is 5.41 Å². The lowest BCUT2D eigenvalue weighted by Crippen LogP contribution is -2.50. The van der Waals surface area contributed by atoms with Crippen LogP contribution in [0.15, 0.2) is 60.7 Å². The van der Waals surface area contributed by atoms with Gasteiger partial charge in [0.1, 0.15) is 0 Å². The third kappa shape index (κ3) is 6.60. The molecule has 240 valence electrons. The van der Waals surface area contributed by atoms with Crippen LogP contribution < -0.4 is 19.9 Å². The van der Waals surface area contributed by atoms with Crippen molar-refractivity contribution in [3.05, 3.63) is 87.4 Å². The number of hydrogen-bond acceptors (Lipinski definition) is 6. The summed E-state index contributed by atoms with van der Waals surface area (Å²) in [5.41, 5.74) is 7.51. The smallest absolute Gasteiger partial charge is 0.254 e. The Morgan fingerprint density at radius 1 is 0.867 bits per heavy atom. The Balaban J connectivity index is 1.37. The Morgan fingerprint density at radius 2 is 1.58 bits per heavy atom. The Hall–Kier alpha value is -3.46. The molecule has 3 aromatic carbocycles. The zero-order chi connectivity index (χ0) is 32.2. The molecule has 2 aliphatic heterocycles. The number of carbonyl (C=O) groups excluding carboxylic acids is 2. The Labute approximate surface area is 275 Å². The number of likely N-dealkylation sites (tertiary alicyclic amines) is 2. The van der Waals surface area contributed by atoms with Gasteiger partial charge < -0.3 is 29.7 Å². The maximum atomic E-state index is 14.0. The number of nitrogens with two attached hydrogens (primary N) is 1. The van der Waals surface area contributed by atoms with E-state index in [9.17, 15) is 9.59 Å². The van der Waals surface area contributed by atoms with E-state index in [-0.39, 0.29) is 17.2 Å². The fourth-order valence-electron chi connectivity index (χ4n) is 6.92. The number of methoxy groups -OCH3 is 2. The van der Waals surface area contributed by atoms with Crippen LogP contribution in [0.1, 0.15) is 54.1 Å². The summed E-state index contributed by atoms with van der Waals surface area (Å²) in [6.07, 6.45) is 2.90. The van der Waals surface area contributed by atoms with Crippen molar-refractivity contribution >= 4 is 35.0 Å². The molecule has 8 nitrogen and oxygen atoms in total. The first-order chi connectivity index (χ1) is 21.7. The third-order valence-corrected chi connectivity index (χ3v) is 10.3. The van der Waals surface area contributed by atoms with E-state index in [4.69, 9.17) is 43.1 Å². The monoisotopic (exact) mass is 653 g/mol. The summed E-state index contributed by atoms with van der Waals surface area (Å²) in [5.74, 6) is 0.982. The van der Waals surface area contributed by atoms with Crippen LogP contribution in [0.3, 0.4) is 0 Å². The number of benzene rings is 3. The molecule has 0 spiro atoms. The largest absolute Gasteiger partial charge is 0.493 e. The molecule has 0 aliphatic carbocycles. The average molecular weight is 655 g/mol. The Bertz CT molecular complexity index is 1530. The molecule has 2 aliphatic rings. The lowest BCUT2D eigenvalue weighted by Gasteiger charge is -2.41. The van der Waals surface area contributed by atoms with Gasteiger partial charge in [0.05, 0.1) is 36.3 Å². The highest BCUT2D eigenvalue weighted by atomic mass is 35.5. The van der Waals surface area contributed by atoms with Crippen molar-refractivity contribution in [1.29, 1.82) is 0 Å². The molecule has 0 saturated carbocycles. The van der Waals surface area contributed by atoms with Gasteiger partial charge in [0.2, 0.25) is 11.7 Å². The number of ether oxygens (including phenoxy) is 3. The molecule has 2 heterocycles. The molecular formula is C35H41Cl2N3O5. The highest BCUT2D eigenvalue weighted by Crippen LogP contribution is 2.43. The SMILES string of the molecule is CCOc1cc(C(=O)N2CCC(CCN3CCC(C(N)=O)(c4ccccc4)CC3)(c3ccc(Cl)c(Cl)c3)C2)cc(OC)c1OC. The molecule has 1 atom stereocenters. The van der Waals surface area contributed by atoms with Crippen LogP contribution in [0.5, 0.6) is 17.2 Å². The van der Waals surface area contributed by atoms with Gasteiger partial charge in [0.15, 0.2) is 11.5 Å². The van der Waals surface area contributed by atoms with E-state index in [0.717, 1.165) is 43.6 Å². The lowest BCUT2D eigenvalue weighted by molar-refractivity contribution is -0.125. The molecule has 2 amide bonds. The summed E-state index contributed by atoms with van der Waals surface area (Å²) >= 11 is 12.8. The molecule has 0 aromatic heterocycles. The third-order valence-electron chi connectivity index (χ3n) is 9.58. The number of hydrogen-bond donors (Lipinski definition) is 1. The van der Waals surface area contributed by atoms with Crippen molar-refractivity contribution < 1.29 is 23.8 Å². The molecule has 10 heteroatoms. The average Bonchev–Trinajstić information content (AvgIpc) is 3.50. The van der Waals surface area contributed by atoms with Crippen LogP contribution in [-0.2, 0) is 15.6 Å². The summed E-state index contributed by atoms with van der Waals surface area (Å²) in [6.45, 7) is 5.71. The zero-order valence-corrected chi connectivity index (χ0v) is 27.6. The van der Waals surface area contributed by atoms with Gasteiger partial charge in [-0.25, -0.2) is 0 Å². The van der Waals surface area contributed by atoms with Gasteiger partial charge in [-0.05, 0) is 87.6 Å². The van der Waals surface area contributed by atoms with Crippen LogP contribution in [-0.4, -0.2) is 75.2 Å². The number of primary amides is 1. The van der Waals surface area contributed by atoms with Crippen LogP contribution in [0.2, 0.25) is 10.0 Å². The first-order valence-electron chi connectivity index (χ1n) is 15.4. The highest BCUT2D eigenvalue weighted by molar-refractivity contribution is 6.42. The van der Waals surface area contributed by atoms with Crippen LogP contribution in [0, 0.1) is 0 Å². The van der Waals surface area contributed by atoms with Crippen LogP contribution in [0.25, 0.3) is 0 Å². The Kier molecular flexibility index (Phi) is 10.2. The van der Waals surface area contributed by atoms with E-state index >= 15 is 0 Å². The van der Waals surface area contributed by atoms with Gasteiger partial charge in [-0.2, -0.15) is 0 Å². The molecule has 3 aromatic rings. The Morgan fingerprint density at radius 3 is 2.20 bits per heavy atom. The van der Waals surface area contributed by atoms with Crippen molar-refractivity contribution in [1.82, 2.24) is 9.80 Å². The summed E-state index contributed by atoms with van der Waals surface area (Å²) in [4.78, 5) is 31.0. The predicted molar refractivity (Wildman–Crippen MR) is 177 cm³/mol. The molecule has 2 saturated heterocycles. The van der Waals surface area contributed by atoms with Crippen molar-refractivity contribution in [2.24, 2.45) is 5.73 Å². The zero-order valence-electron chi connectivity index (χ0n) is 26.1. The van der Waals surface area contributed by atoms with Crippen molar-refractivity contribution in [3.63, 3.8) is 0 Å². The van der Waals surface area contributed by atoms with E-state index in [1.807, 2.05) is 60.4 Å². The summed E-state index contributed by atoms with van der Waals surface area (Å²) in [7, 11) is 3.09. The van der Waals surface area contributed by atoms with Gasteiger partial charge in [0, 0.05) is 24.1 Å². The highest BCUT2D eigenvalue weighted by Gasteiger charge is 2.44. The van der Waals surface area contributed by atoms with Gasteiger partial charge in [0.25, 0.3) is 5.91 Å². The van der Waals surface area contributed by atoms with Gasteiger partial charge in [-0.15, -0.1) is 0 Å². The van der Waals surface area contributed by atoms with Crippen LogP contribution in [0.4, 0.5) is 0 Å². The van der Waals surface area contributed by atoms with Gasteiger partial charge >= 0.3 is 0 Å². The number of nitrogens with zero attached hydrogens (tertiary/aromatic N) is 2. The fourth-order valence-corrected chi connectivity index (χ4v) is 7.22. The van der Waals surface area contributed by atoms with Gasteiger partial charge in [-0.3, -0.25) is 9.59 Å². The second kappa shape index (κ2) is 13.9. The van der Waals surface area contributed by atoms with E-state index in [1.54, 1.807) is 26.4 Å². The molecular weight excluding hydrogens is 613 g/mol. The molecule has 0 bridgehead atoms. The second-order valence-corrected chi connectivity index (χ2v) is 12.7. The molecule has 1 unspecified atom stereocenters. The van der Waals surface area contributed by atoms with E-state index in [1.165, 1.54) is 0 Å². The summed E-state index contributed by atoms with van der Waals surface area (Å²) < 4.78 is 16.8. The van der Waals surface area contributed by atoms with Crippen molar-refractivity contribution in [3.8, 4) is 17.2 Å². The van der Waals surface area contributed by atoms with E-state index in [0.29, 0.717) is 65.4 Å². The van der Waals surface area contributed by atoms with Crippen molar-refractivity contribution in [2.75, 3.05) is 53.6 Å². The quantitative estimate of drug-likeness (QED) is 0.269. The minimum absolute atomic E-state index is 0.106. The van der Waals surface area contributed by atoms with Crippen molar-refractivity contribution in [2.45, 2.75) is 43.4 Å². The normalized spacial score (nSPS) is 19.7. The minimum atomic E-state index is -0.657. The molecule has 0 radical (unpaired) electrons. The lowest BCUT2D eigenvalue weighted by atomic mass is 9.71. The standard InChI is InChI=1S/C35H41Cl2N3O5/c1-4-45-30-21-24(20-29(43-2)31(30)44-3)32(41)40-19-13-34(23-40,26-10-11-27(36)28(37)22-26)12-16-39-17-14-35(15-18-39,33(38)42)25-8-6-5-7-9-25/h5-11,20-22H,4,12-19,23H2,1-3H3,(H2,38,42). The number of halogens is 2. The maximum Gasteiger partial charge on any atom is 0.254 e. The number of carbonyl (C=O) groups is 2. The molecule has 2 fully saturated rings. The van der Waals surface area contributed by atoms with Crippen LogP contribution >= 0.6 is 23.2 Å².